The van der Waals surface area contributed by atoms with E-state index in [1.807, 2.05) is 6.07 Å². The summed E-state index contributed by atoms with van der Waals surface area (Å²) >= 11 is 0. The molecule has 6 nitrogen and oxygen atoms in total. The molecule has 110 valence electrons. The second-order valence-electron chi connectivity index (χ2n) is 5.82. The van der Waals surface area contributed by atoms with Crippen molar-refractivity contribution < 1.29 is 19.2 Å². The third-order valence-corrected chi connectivity index (χ3v) is 4.61. The molecule has 6 heteroatoms. The van der Waals surface area contributed by atoms with Crippen molar-refractivity contribution >= 4 is 5.97 Å². The lowest BCUT2D eigenvalue weighted by Gasteiger charge is -2.28. The monoisotopic (exact) mass is 280 g/mol. The maximum atomic E-state index is 11.4. The Labute approximate surface area is 117 Å². The van der Waals surface area contributed by atoms with Crippen molar-refractivity contribution in [2.75, 3.05) is 7.11 Å². The van der Waals surface area contributed by atoms with Gasteiger partial charge in [-0.2, -0.15) is 0 Å². The predicted molar refractivity (Wildman–Crippen MR) is 69.8 cm³/mol. The maximum absolute atomic E-state index is 11.4. The molecule has 2 bridgehead atoms. The van der Waals surface area contributed by atoms with Gasteiger partial charge in [-0.05, 0) is 31.1 Å². The number of carboxylic acids is 1. The summed E-state index contributed by atoms with van der Waals surface area (Å²) < 4.78 is 10.1. The van der Waals surface area contributed by atoms with Gasteiger partial charge in [-0.1, -0.05) is 5.16 Å². The molecule has 3 rings (SSSR count). The number of hydrogen-bond donors (Lipinski definition) is 2. The highest BCUT2D eigenvalue weighted by Gasteiger charge is 2.50. The van der Waals surface area contributed by atoms with E-state index in [0.717, 1.165) is 25.0 Å². The lowest BCUT2D eigenvalue weighted by atomic mass is 9.84. The number of aromatic nitrogens is 1. The summed E-state index contributed by atoms with van der Waals surface area (Å²) in [4.78, 5) is 11.4. The zero-order chi connectivity index (χ0) is 14.1. The molecule has 1 aromatic rings. The Bertz CT molecular complexity index is 487. The van der Waals surface area contributed by atoms with Crippen molar-refractivity contribution in [2.45, 2.75) is 38.5 Å². The van der Waals surface area contributed by atoms with Gasteiger partial charge in [-0.15, -0.1) is 0 Å². The molecule has 2 saturated carbocycles. The van der Waals surface area contributed by atoms with Crippen molar-refractivity contribution in [1.82, 2.24) is 10.5 Å². The van der Waals surface area contributed by atoms with E-state index in [1.54, 1.807) is 7.11 Å². The van der Waals surface area contributed by atoms with Gasteiger partial charge in [0.15, 0.2) is 5.76 Å². The number of fused-ring (bicyclic) bond motifs is 2. The Morgan fingerprint density at radius 2 is 2.35 bits per heavy atom. The van der Waals surface area contributed by atoms with Crippen molar-refractivity contribution in [3.05, 3.63) is 17.5 Å². The van der Waals surface area contributed by atoms with Gasteiger partial charge in [0.1, 0.15) is 6.61 Å². The summed E-state index contributed by atoms with van der Waals surface area (Å²) in [6.45, 7) is 0.948. The first-order chi connectivity index (χ1) is 9.69. The molecule has 0 saturated heterocycles. The van der Waals surface area contributed by atoms with Gasteiger partial charge in [0.2, 0.25) is 0 Å². The molecule has 2 fully saturated rings. The maximum Gasteiger partial charge on any atom is 0.308 e. The Morgan fingerprint density at radius 3 is 3.10 bits per heavy atom. The first-order valence-corrected chi connectivity index (χ1v) is 7.08. The minimum Gasteiger partial charge on any atom is -0.481 e. The van der Waals surface area contributed by atoms with E-state index in [0.29, 0.717) is 30.7 Å². The van der Waals surface area contributed by atoms with E-state index in [-0.39, 0.29) is 12.0 Å². The van der Waals surface area contributed by atoms with E-state index < -0.39 is 5.97 Å². The van der Waals surface area contributed by atoms with Crippen molar-refractivity contribution in [1.29, 1.82) is 0 Å². The molecule has 1 heterocycles. The number of rotatable bonds is 6. The number of ether oxygens (including phenoxy) is 1. The number of hydrogen-bond acceptors (Lipinski definition) is 5. The van der Waals surface area contributed by atoms with Crippen molar-refractivity contribution in [2.24, 2.45) is 17.8 Å². The molecular formula is C14H20N2O4. The highest BCUT2D eigenvalue weighted by atomic mass is 16.5. The SMILES string of the molecule is COCc1cc(CNC2C3CCC(C3)C2C(=O)O)no1. The third kappa shape index (κ3) is 2.45. The van der Waals surface area contributed by atoms with E-state index in [4.69, 9.17) is 9.26 Å². The minimum atomic E-state index is -0.671. The van der Waals surface area contributed by atoms with Crippen LogP contribution in [-0.4, -0.2) is 29.4 Å². The van der Waals surface area contributed by atoms with Gasteiger partial charge in [0, 0.05) is 25.8 Å². The van der Waals surface area contributed by atoms with Crippen molar-refractivity contribution in [3.63, 3.8) is 0 Å². The van der Waals surface area contributed by atoms with Crippen LogP contribution >= 0.6 is 0 Å². The van der Waals surface area contributed by atoms with Crippen LogP contribution in [-0.2, 0) is 22.7 Å². The number of carboxylic acid groups (broad SMARTS) is 1. The molecule has 4 atom stereocenters. The zero-order valence-corrected chi connectivity index (χ0v) is 11.5. The van der Waals surface area contributed by atoms with Gasteiger partial charge in [0.05, 0.1) is 11.6 Å². The van der Waals surface area contributed by atoms with Gasteiger partial charge in [0.25, 0.3) is 0 Å². The topological polar surface area (TPSA) is 84.6 Å². The number of nitrogens with zero attached hydrogens (tertiary/aromatic N) is 1. The van der Waals surface area contributed by atoms with Crippen LogP contribution in [0.1, 0.15) is 30.7 Å². The number of methoxy groups -OCH3 is 1. The van der Waals surface area contributed by atoms with E-state index in [1.165, 1.54) is 0 Å². The van der Waals surface area contributed by atoms with E-state index in [9.17, 15) is 9.90 Å². The van der Waals surface area contributed by atoms with Crippen LogP contribution in [0.4, 0.5) is 0 Å². The summed E-state index contributed by atoms with van der Waals surface area (Å²) in [5, 5.41) is 16.7. The van der Waals surface area contributed by atoms with Crippen molar-refractivity contribution in [3.8, 4) is 0 Å². The Balaban J connectivity index is 1.60. The summed E-state index contributed by atoms with van der Waals surface area (Å²) in [5.74, 6) is 0.601. The molecule has 0 aromatic carbocycles. The zero-order valence-electron chi connectivity index (χ0n) is 11.5. The Kier molecular flexibility index (Phi) is 3.76. The molecule has 0 radical (unpaired) electrons. The van der Waals surface area contributed by atoms with Gasteiger partial charge in [-0.25, -0.2) is 0 Å². The van der Waals surface area contributed by atoms with Crippen LogP contribution in [0.5, 0.6) is 0 Å². The van der Waals surface area contributed by atoms with Crippen LogP contribution < -0.4 is 5.32 Å². The lowest BCUT2D eigenvalue weighted by molar-refractivity contribution is -0.144. The van der Waals surface area contributed by atoms with Gasteiger partial charge >= 0.3 is 5.97 Å². The molecule has 20 heavy (non-hydrogen) atoms. The quantitative estimate of drug-likeness (QED) is 0.819. The molecule has 2 aliphatic rings. The highest BCUT2D eigenvalue weighted by molar-refractivity contribution is 5.72. The van der Waals surface area contributed by atoms with Crippen LogP contribution in [0.2, 0.25) is 0 Å². The Morgan fingerprint density at radius 1 is 1.55 bits per heavy atom. The predicted octanol–water partition coefficient (Wildman–Crippen LogP) is 1.41. The molecule has 0 amide bonds. The first-order valence-electron chi connectivity index (χ1n) is 7.08. The normalized spacial score (nSPS) is 31.9. The molecule has 2 N–H and O–H groups in total. The van der Waals surface area contributed by atoms with Crippen LogP contribution in [0.3, 0.4) is 0 Å². The van der Waals surface area contributed by atoms with E-state index in [2.05, 4.69) is 10.5 Å². The lowest BCUT2D eigenvalue weighted by Crippen LogP contribution is -2.43. The second-order valence-corrected chi connectivity index (χ2v) is 5.82. The number of carbonyl (C=O) groups is 1. The Hall–Kier alpha value is -1.40. The molecule has 2 aliphatic carbocycles. The van der Waals surface area contributed by atoms with Gasteiger partial charge < -0.3 is 19.7 Å². The molecule has 0 spiro atoms. The smallest absolute Gasteiger partial charge is 0.308 e. The highest BCUT2D eigenvalue weighted by Crippen LogP contribution is 2.48. The summed E-state index contributed by atoms with van der Waals surface area (Å²) in [6.07, 6.45) is 3.24. The standard InChI is InChI=1S/C14H20N2O4/c1-19-7-11-5-10(16-20-11)6-15-13-9-3-2-8(4-9)12(13)14(17)18/h5,8-9,12-13,15H,2-4,6-7H2,1H3,(H,17,18). The fourth-order valence-corrected chi connectivity index (χ4v) is 3.81. The van der Waals surface area contributed by atoms with Gasteiger partial charge in [-0.3, -0.25) is 4.79 Å². The first kappa shape index (κ1) is 13.6. The second kappa shape index (κ2) is 5.54. The van der Waals surface area contributed by atoms with Crippen LogP contribution in [0, 0.1) is 17.8 Å². The number of aliphatic carboxylic acids is 1. The average Bonchev–Trinajstić information content (AvgIpc) is 3.11. The molecule has 1 aromatic heterocycles. The van der Waals surface area contributed by atoms with E-state index >= 15 is 0 Å². The van der Waals surface area contributed by atoms with Crippen LogP contribution in [0.25, 0.3) is 0 Å². The number of nitrogens with one attached hydrogen (secondary N) is 1. The summed E-state index contributed by atoms with van der Waals surface area (Å²) in [5.41, 5.74) is 0.795. The third-order valence-electron chi connectivity index (χ3n) is 4.61. The molecular weight excluding hydrogens is 260 g/mol. The molecule has 4 unspecified atom stereocenters. The minimum absolute atomic E-state index is 0.0637. The average molecular weight is 280 g/mol. The van der Waals surface area contributed by atoms with Crippen LogP contribution in [0.15, 0.2) is 10.6 Å². The summed E-state index contributed by atoms with van der Waals surface area (Å²) in [6, 6.07) is 1.91. The largest absolute Gasteiger partial charge is 0.481 e. The fourth-order valence-electron chi connectivity index (χ4n) is 3.81. The molecule has 0 aliphatic heterocycles. The fraction of sp³-hybridized carbons (Fsp3) is 0.714. The summed E-state index contributed by atoms with van der Waals surface area (Å²) in [7, 11) is 1.60.